The van der Waals surface area contributed by atoms with Crippen molar-refractivity contribution in [2.75, 3.05) is 6.61 Å². The molecule has 0 spiro atoms. The van der Waals surface area contributed by atoms with Crippen molar-refractivity contribution in [3.05, 3.63) is 29.3 Å². The number of aliphatic hydroxyl groups excluding tert-OH is 1. The first kappa shape index (κ1) is 9.30. The van der Waals surface area contributed by atoms with Crippen LogP contribution in [-0.4, -0.2) is 23.1 Å². The number of aromatic hydroxyl groups is 1. The number of carbonyl (C=O) groups excluding carboxylic acids is 1. The van der Waals surface area contributed by atoms with Gasteiger partial charge in [0, 0.05) is 5.56 Å². The Morgan fingerprint density at radius 3 is 2.85 bits per heavy atom. The Morgan fingerprint density at radius 1 is 1.46 bits per heavy atom. The molecule has 1 aromatic carbocycles. The third-order valence-corrected chi connectivity index (χ3v) is 1.47. The van der Waals surface area contributed by atoms with Crippen molar-refractivity contribution in [2.45, 2.75) is 0 Å². The molecule has 1 aromatic rings. The quantitative estimate of drug-likeness (QED) is 0.485. The van der Waals surface area contributed by atoms with E-state index in [2.05, 4.69) is 11.8 Å². The molecule has 3 nitrogen and oxygen atoms in total. The molecular weight excluding hydrogens is 168 g/mol. The summed E-state index contributed by atoms with van der Waals surface area (Å²) in [5.41, 5.74) is 0.790. The highest BCUT2D eigenvalue weighted by Gasteiger charge is 1.98. The van der Waals surface area contributed by atoms with Gasteiger partial charge in [0.2, 0.25) is 0 Å². The van der Waals surface area contributed by atoms with Gasteiger partial charge in [-0.15, -0.1) is 0 Å². The molecule has 66 valence electrons. The highest BCUT2D eigenvalue weighted by molar-refractivity contribution is 5.79. The fourth-order valence-corrected chi connectivity index (χ4v) is 0.868. The molecule has 0 unspecified atom stereocenters. The van der Waals surface area contributed by atoms with E-state index >= 15 is 0 Å². The van der Waals surface area contributed by atoms with Crippen molar-refractivity contribution < 1.29 is 15.0 Å². The summed E-state index contributed by atoms with van der Waals surface area (Å²) in [7, 11) is 0. The Hall–Kier alpha value is -1.79. The molecule has 1 rings (SSSR count). The Bertz CT molecular complexity index is 371. The van der Waals surface area contributed by atoms with E-state index in [1.165, 1.54) is 12.1 Å². The Labute approximate surface area is 75.6 Å². The third-order valence-electron chi connectivity index (χ3n) is 1.47. The lowest BCUT2D eigenvalue weighted by Gasteiger charge is -1.96. The molecule has 3 heteroatoms. The van der Waals surface area contributed by atoms with Crippen LogP contribution in [0, 0.1) is 11.8 Å². The highest BCUT2D eigenvalue weighted by Crippen LogP contribution is 2.15. The lowest BCUT2D eigenvalue weighted by molar-refractivity contribution is 0.112. The summed E-state index contributed by atoms with van der Waals surface area (Å²) in [6.07, 6.45) is 0.555. The fraction of sp³-hybridized carbons (Fsp3) is 0.100. The molecule has 0 aromatic heterocycles. The summed E-state index contributed by atoms with van der Waals surface area (Å²) in [5, 5.41) is 17.5. The topological polar surface area (TPSA) is 57.5 Å². The molecule has 13 heavy (non-hydrogen) atoms. The largest absolute Gasteiger partial charge is 0.507 e. The first-order chi connectivity index (χ1) is 6.27. The van der Waals surface area contributed by atoms with Crippen LogP contribution in [0.5, 0.6) is 5.75 Å². The minimum Gasteiger partial charge on any atom is -0.507 e. The molecule has 0 atom stereocenters. The number of hydrogen-bond donors (Lipinski definition) is 2. The maximum atomic E-state index is 10.4. The Kier molecular flexibility index (Phi) is 3.07. The minimum absolute atomic E-state index is 0.0652. The van der Waals surface area contributed by atoms with Crippen LogP contribution in [0.25, 0.3) is 0 Å². The number of phenols is 1. The average molecular weight is 176 g/mol. The lowest BCUT2D eigenvalue weighted by Crippen LogP contribution is -1.83. The van der Waals surface area contributed by atoms with Crippen LogP contribution in [0.15, 0.2) is 18.2 Å². The number of phenolic OH excluding ortho intramolecular Hbond substituents is 1. The van der Waals surface area contributed by atoms with Gasteiger partial charge in [0.25, 0.3) is 0 Å². The van der Waals surface area contributed by atoms with Crippen molar-refractivity contribution >= 4 is 6.29 Å². The van der Waals surface area contributed by atoms with E-state index in [-0.39, 0.29) is 17.9 Å². The molecular formula is C10H8O3. The zero-order valence-electron chi connectivity index (χ0n) is 6.82. The number of carbonyl (C=O) groups is 1. The molecule has 0 saturated carbocycles. The molecule has 0 aliphatic heterocycles. The van der Waals surface area contributed by atoms with Gasteiger partial charge in [0.15, 0.2) is 6.29 Å². The standard InChI is InChI=1S/C10H8O3/c11-5-1-2-8-3-4-10(13)9(6-8)7-12/h3-4,6-7,11,13H,5H2. The van der Waals surface area contributed by atoms with E-state index in [9.17, 15) is 4.79 Å². The second kappa shape index (κ2) is 4.29. The second-order valence-corrected chi connectivity index (χ2v) is 2.35. The van der Waals surface area contributed by atoms with Crippen molar-refractivity contribution in [3.63, 3.8) is 0 Å². The molecule has 0 aliphatic rings. The number of hydrogen-bond acceptors (Lipinski definition) is 3. The molecule has 0 bridgehead atoms. The number of rotatable bonds is 1. The van der Waals surface area contributed by atoms with Crippen LogP contribution >= 0.6 is 0 Å². The monoisotopic (exact) mass is 176 g/mol. The van der Waals surface area contributed by atoms with Crippen LogP contribution in [0.3, 0.4) is 0 Å². The van der Waals surface area contributed by atoms with Gasteiger partial charge in [-0.2, -0.15) is 0 Å². The second-order valence-electron chi connectivity index (χ2n) is 2.35. The normalized spacial score (nSPS) is 8.69. The fourth-order valence-electron chi connectivity index (χ4n) is 0.868. The number of aliphatic hydroxyl groups is 1. The van der Waals surface area contributed by atoms with E-state index in [0.717, 1.165) is 0 Å². The van der Waals surface area contributed by atoms with E-state index in [0.29, 0.717) is 11.8 Å². The summed E-state index contributed by atoms with van der Waals surface area (Å²) in [6.45, 7) is -0.225. The molecule has 2 N–H and O–H groups in total. The van der Waals surface area contributed by atoms with Gasteiger partial charge in [-0.25, -0.2) is 0 Å². The van der Waals surface area contributed by atoms with E-state index in [4.69, 9.17) is 10.2 Å². The van der Waals surface area contributed by atoms with Crippen molar-refractivity contribution in [1.82, 2.24) is 0 Å². The van der Waals surface area contributed by atoms with Gasteiger partial charge in [0.1, 0.15) is 12.4 Å². The molecule has 0 amide bonds. The van der Waals surface area contributed by atoms with Crippen molar-refractivity contribution in [2.24, 2.45) is 0 Å². The Morgan fingerprint density at radius 2 is 2.23 bits per heavy atom. The van der Waals surface area contributed by atoms with Crippen LogP contribution in [0.1, 0.15) is 15.9 Å². The maximum Gasteiger partial charge on any atom is 0.153 e. The summed E-state index contributed by atoms with van der Waals surface area (Å²) >= 11 is 0. The maximum absolute atomic E-state index is 10.4. The van der Waals surface area contributed by atoms with Crippen LogP contribution < -0.4 is 0 Å². The van der Waals surface area contributed by atoms with Crippen LogP contribution in [0.4, 0.5) is 0 Å². The molecule has 0 heterocycles. The van der Waals surface area contributed by atoms with Crippen LogP contribution in [0.2, 0.25) is 0 Å². The minimum atomic E-state index is -0.225. The van der Waals surface area contributed by atoms with Gasteiger partial charge < -0.3 is 10.2 Å². The summed E-state index contributed by atoms with van der Waals surface area (Å²) in [4.78, 5) is 10.4. The first-order valence-electron chi connectivity index (χ1n) is 3.66. The van der Waals surface area contributed by atoms with Crippen LogP contribution in [-0.2, 0) is 0 Å². The highest BCUT2D eigenvalue weighted by atomic mass is 16.3. The molecule has 0 saturated heterocycles. The van der Waals surface area contributed by atoms with E-state index in [1.807, 2.05) is 0 Å². The molecule has 0 fully saturated rings. The van der Waals surface area contributed by atoms with Gasteiger partial charge in [-0.05, 0) is 18.2 Å². The summed E-state index contributed by atoms with van der Waals surface area (Å²) in [5.74, 6) is 5.00. The zero-order chi connectivity index (χ0) is 9.68. The van der Waals surface area contributed by atoms with E-state index < -0.39 is 0 Å². The van der Waals surface area contributed by atoms with Gasteiger partial charge >= 0.3 is 0 Å². The number of benzene rings is 1. The van der Waals surface area contributed by atoms with Gasteiger partial charge in [-0.1, -0.05) is 11.8 Å². The smallest absolute Gasteiger partial charge is 0.153 e. The van der Waals surface area contributed by atoms with Crippen molar-refractivity contribution in [1.29, 1.82) is 0 Å². The molecule has 0 radical (unpaired) electrons. The van der Waals surface area contributed by atoms with Gasteiger partial charge in [0.05, 0.1) is 5.56 Å². The number of aldehydes is 1. The lowest BCUT2D eigenvalue weighted by atomic mass is 10.1. The van der Waals surface area contributed by atoms with E-state index in [1.54, 1.807) is 6.07 Å². The SMILES string of the molecule is O=Cc1cc(C#CCO)ccc1O. The Balaban J connectivity index is 3.06. The van der Waals surface area contributed by atoms with Crippen molar-refractivity contribution in [3.8, 4) is 17.6 Å². The average Bonchev–Trinajstić information content (AvgIpc) is 2.16. The zero-order valence-corrected chi connectivity index (χ0v) is 6.82. The first-order valence-corrected chi connectivity index (χ1v) is 3.66. The van der Waals surface area contributed by atoms with Gasteiger partial charge in [-0.3, -0.25) is 4.79 Å². The third kappa shape index (κ3) is 2.32. The predicted octanol–water partition coefficient (Wildman–Crippen LogP) is 0.548. The molecule has 0 aliphatic carbocycles. The predicted molar refractivity (Wildman–Crippen MR) is 47.5 cm³/mol. The summed E-state index contributed by atoms with van der Waals surface area (Å²) < 4.78 is 0. The summed E-state index contributed by atoms with van der Waals surface area (Å²) in [6, 6.07) is 4.43.